The number of hydrogen-bond donors (Lipinski definition) is 1. The predicted octanol–water partition coefficient (Wildman–Crippen LogP) is 1.89. The van der Waals surface area contributed by atoms with Crippen molar-refractivity contribution in [2.45, 2.75) is 25.8 Å². The summed E-state index contributed by atoms with van der Waals surface area (Å²) in [5.74, 6) is 0.352. The number of halogens is 1. The summed E-state index contributed by atoms with van der Waals surface area (Å²) in [5, 5.41) is 7.07. The lowest BCUT2D eigenvalue weighted by Gasteiger charge is -2.15. The summed E-state index contributed by atoms with van der Waals surface area (Å²) in [6, 6.07) is 3.23. The van der Waals surface area contributed by atoms with Crippen molar-refractivity contribution in [3.8, 4) is 0 Å². The first kappa shape index (κ1) is 12.6. The largest absolute Gasteiger partial charge is 0.343 e. The Balaban J connectivity index is 1.87. The quantitative estimate of drug-likeness (QED) is 0.848. The number of aromatic nitrogens is 3. The molecule has 2 heterocycles. The fraction of sp³-hybridized carbons (Fsp3) is 0.417. The Hall–Kier alpha value is -1.82. The molecule has 2 aromatic rings. The van der Waals surface area contributed by atoms with Gasteiger partial charge in [-0.1, -0.05) is 12.1 Å². The summed E-state index contributed by atoms with van der Waals surface area (Å²) in [7, 11) is 0. The molecule has 0 amide bonds. The maximum atomic E-state index is 12.8. The lowest BCUT2D eigenvalue weighted by Crippen LogP contribution is -2.24. The van der Waals surface area contributed by atoms with Crippen LogP contribution in [0.25, 0.3) is 0 Å². The molecule has 96 valence electrons. The summed E-state index contributed by atoms with van der Waals surface area (Å²) >= 11 is 0. The van der Waals surface area contributed by atoms with Gasteiger partial charge in [0.1, 0.15) is 5.82 Å². The molecule has 1 atom stereocenters. The SMILES string of the molecule is CCC(NCCc1ncon1)c1ccc(F)cn1. The molecular weight excluding hydrogens is 235 g/mol. The van der Waals surface area contributed by atoms with Gasteiger partial charge in [0, 0.05) is 19.0 Å². The van der Waals surface area contributed by atoms with Crippen LogP contribution in [0.4, 0.5) is 4.39 Å². The van der Waals surface area contributed by atoms with Gasteiger partial charge in [-0.05, 0) is 18.6 Å². The van der Waals surface area contributed by atoms with E-state index in [-0.39, 0.29) is 11.9 Å². The van der Waals surface area contributed by atoms with Crippen LogP contribution in [0.2, 0.25) is 0 Å². The molecule has 2 rings (SSSR count). The van der Waals surface area contributed by atoms with Gasteiger partial charge in [-0.2, -0.15) is 4.98 Å². The van der Waals surface area contributed by atoms with Crippen molar-refractivity contribution in [1.29, 1.82) is 0 Å². The van der Waals surface area contributed by atoms with Crippen LogP contribution >= 0.6 is 0 Å². The molecule has 0 aliphatic rings. The fourth-order valence-electron chi connectivity index (χ4n) is 1.71. The zero-order valence-electron chi connectivity index (χ0n) is 10.1. The molecule has 0 saturated heterocycles. The van der Waals surface area contributed by atoms with Crippen molar-refractivity contribution in [3.63, 3.8) is 0 Å². The number of rotatable bonds is 6. The van der Waals surface area contributed by atoms with Crippen LogP contribution in [-0.4, -0.2) is 21.7 Å². The standard InChI is InChI=1S/C12H15FN4O/c1-2-10(11-4-3-9(13)7-15-11)14-6-5-12-16-8-18-17-12/h3-4,7-8,10,14H,2,5-6H2,1H3. The summed E-state index contributed by atoms with van der Waals surface area (Å²) in [4.78, 5) is 8.02. The average Bonchev–Trinajstić information content (AvgIpc) is 2.89. The van der Waals surface area contributed by atoms with Crippen LogP contribution in [0.3, 0.4) is 0 Å². The van der Waals surface area contributed by atoms with Crippen molar-refractivity contribution in [1.82, 2.24) is 20.4 Å². The van der Waals surface area contributed by atoms with Gasteiger partial charge in [0.2, 0.25) is 6.39 Å². The van der Waals surface area contributed by atoms with Crippen LogP contribution in [0.5, 0.6) is 0 Å². The zero-order chi connectivity index (χ0) is 12.8. The fourth-order valence-corrected chi connectivity index (χ4v) is 1.71. The normalized spacial score (nSPS) is 12.6. The third-order valence-electron chi connectivity index (χ3n) is 2.66. The second-order valence-electron chi connectivity index (χ2n) is 3.91. The summed E-state index contributed by atoms with van der Waals surface area (Å²) in [6.45, 7) is 2.77. The summed E-state index contributed by atoms with van der Waals surface area (Å²) in [5.41, 5.74) is 0.840. The van der Waals surface area contributed by atoms with E-state index in [0.29, 0.717) is 12.2 Å². The van der Waals surface area contributed by atoms with Crippen molar-refractivity contribution in [2.75, 3.05) is 6.54 Å². The number of nitrogens with one attached hydrogen (secondary N) is 1. The van der Waals surface area contributed by atoms with Gasteiger partial charge in [0.25, 0.3) is 0 Å². The van der Waals surface area contributed by atoms with Gasteiger partial charge in [-0.25, -0.2) is 4.39 Å². The first-order valence-corrected chi connectivity index (χ1v) is 5.89. The Morgan fingerprint density at radius 3 is 2.89 bits per heavy atom. The number of pyridine rings is 1. The van der Waals surface area contributed by atoms with Gasteiger partial charge in [0.05, 0.1) is 11.9 Å². The molecule has 0 aliphatic carbocycles. The predicted molar refractivity (Wildman–Crippen MR) is 63.2 cm³/mol. The maximum absolute atomic E-state index is 12.8. The van der Waals surface area contributed by atoms with E-state index in [4.69, 9.17) is 0 Å². The molecule has 1 unspecified atom stereocenters. The Morgan fingerprint density at radius 2 is 2.28 bits per heavy atom. The van der Waals surface area contributed by atoms with Gasteiger partial charge in [0.15, 0.2) is 5.82 Å². The topological polar surface area (TPSA) is 63.8 Å². The third kappa shape index (κ3) is 3.33. The lowest BCUT2D eigenvalue weighted by molar-refractivity contribution is 0.407. The Bertz CT molecular complexity index is 457. The first-order valence-electron chi connectivity index (χ1n) is 5.89. The van der Waals surface area contributed by atoms with Crippen LogP contribution < -0.4 is 5.32 Å². The first-order chi connectivity index (χ1) is 8.79. The molecule has 0 spiro atoms. The van der Waals surface area contributed by atoms with Crippen LogP contribution in [0.15, 0.2) is 29.2 Å². The van der Waals surface area contributed by atoms with Gasteiger partial charge >= 0.3 is 0 Å². The van der Waals surface area contributed by atoms with Crippen LogP contribution in [0, 0.1) is 5.82 Å². The molecule has 0 aliphatic heterocycles. The second-order valence-corrected chi connectivity index (χ2v) is 3.91. The monoisotopic (exact) mass is 250 g/mol. The minimum atomic E-state index is -0.319. The molecule has 6 heteroatoms. The van der Waals surface area contributed by atoms with Crippen molar-refractivity contribution >= 4 is 0 Å². The number of hydrogen-bond acceptors (Lipinski definition) is 5. The molecule has 18 heavy (non-hydrogen) atoms. The molecule has 1 N–H and O–H groups in total. The molecule has 0 radical (unpaired) electrons. The van der Waals surface area contributed by atoms with Crippen molar-refractivity contribution in [3.05, 3.63) is 42.1 Å². The van der Waals surface area contributed by atoms with E-state index in [9.17, 15) is 4.39 Å². The number of nitrogens with zero attached hydrogens (tertiary/aromatic N) is 3. The van der Waals surface area contributed by atoms with Crippen molar-refractivity contribution < 1.29 is 8.91 Å². The average molecular weight is 250 g/mol. The molecule has 0 fully saturated rings. The highest BCUT2D eigenvalue weighted by Gasteiger charge is 2.10. The van der Waals surface area contributed by atoms with Gasteiger partial charge in [-0.15, -0.1) is 0 Å². The minimum absolute atomic E-state index is 0.109. The van der Waals surface area contributed by atoms with Gasteiger partial charge < -0.3 is 9.84 Å². The Labute approximate surface area is 104 Å². The summed E-state index contributed by atoms with van der Waals surface area (Å²) < 4.78 is 17.4. The highest BCUT2D eigenvalue weighted by Crippen LogP contribution is 2.13. The highest BCUT2D eigenvalue weighted by molar-refractivity contribution is 5.09. The zero-order valence-corrected chi connectivity index (χ0v) is 10.1. The lowest BCUT2D eigenvalue weighted by atomic mass is 10.1. The molecule has 0 saturated carbocycles. The molecule has 0 bridgehead atoms. The van der Waals surface area contributed by atoms with Gasteiger partial charge in [-0.3, -0.25) is 4.98 Å². The minimum Gasteiger partial charge on any atom is -0.343 e. The molecule has 0 aromatic carbocycles. The second kappa shape index (κ2) is 6.20. The van der Waals surface area contributed by atoms with E-state index in [1.165, 1.54) is 18.7 Å². The molecule has 2 aromatic heterocycles. The highest BCUT2D eigenvalue weighted by atomic mass is 19.1. The smallest absolute Gasteiger partial charge is 0.213 e. The van der Waals surface area contributed by atoms with E-state index in [0.717, 1.165) is 18.7 Å². The maximum Gasteiger partial charge on any atom is 0.213 e. The Kier molecular flexibility index (Phi) is 4.35. The molecule has 5 nitrogen and oxygen atoms in total. The Morgan fingerprint density at radius 1 is 1.39 bits per heavy atom. The van der Waals surface area contributed by atoms with E-state index in [1.54, 1.807) is 6.07 Å². The van der Waals surface area contributed by atoms with Crippen molar-refractivity contribution in [2.24, 2.45) is 0 Å². The summed E-state index contributed by atoms with van der Waals surface area (Å²) in [6.07, 6.45) is 4.12. The van der Waals surface area contributed by atoms with Crippen LogP contribution in [0.1, 0.15) is 30.9 Å². The van der Waals surface area contributed by atoms with E-state index < -0.39 is 0 Å². The third-order valence-corrected chi connectivity index (χ3v) is 2.66. The van der Waals surface area contributed by atoms with E-state index in [1.807, 2.05) is 0 Å². The van der Waals surface area contributed by atoms with E-state index in [2.05, 4.69) is 31.9 Å². The van der Waals surface area contributed by atoms with E-state index >= 15 is 0 Å². The van der Waals surface area contributed by atoms with Crippen LogP contribution in [-0.2, 0) is 6.42 Å². The molecular formula is C12H15FN4O.